The number of methoxy groups -OCH3 is 1. The van der Waals surface area contributed by atoms with Gasteiger partial charge < -0.3 is 9.84 Å². The summed E-state index contributed by atoms with van der Waals surface area (Å²) < 4.78 is 5.18. The van der Waals surface area contributed by atoms with Crippen molar-refractivity contribution >= 4 is 0 Å². The summed E-state index contributed by atoms with van der Waals surface area (Å²) in [5, 5.41) is 9.23. The lowest BCUT2D eigenvalue weighted by molar-refractivity contribution is 0.114. The molecular weight excluding hydrogens is 202 g/mol. The van der Waals surface area contributed by atoms with Gasteiger partial charge in [0, 0.05) is 7.11 Å². The van der Waals surface area contributed by atoms with Gasteiger partial charge in [0.05, 0.1) is 19.2 Å². The average Bonchev–Trinajstić information content (AvgIpc) is 2.28. The summed E-state index contributed by atoms with van der Waals surface area (Å²) in [5.41, 5.74) is 1.08. The molecule has 0 saturated carbocycles. The Labute approximate surface area is 96.7 Å². The second kappa shape index (κ2) is 6.16. The maximum absolute atomic E-state index is 9.23. The quantitative estimate of drug-likeness (QED) is 0.764. The van der Waals surface area contributed by atoms with Crippen LogP contribution in [0.2, 0.25) is 0 Å². The van der Waals surface area contributed by atoms with E-state index in [9.17, 15) is 5.11 Å². The fourth-order valence-electron chi connectivity index (χ4n) is 1.59. The highest BCUT2D eigenvalue weighted by molar-refractivity contribution is 5.28. The van der Waals surface area contributed by atoms with E-state index in [0.29, 0.717) is 13.2 Å². The summed E-state index contributed by atoms with van der Waals surface area (Å²) in [4.78, 5) is 2.04. The van der Waals surface area contributed by atoms with Crippen LogP contribution in [0.25, 0.3) is 0 Å². The minimum atomic E-state index is 0.113. The molecule has 0 aliphatic heterocycles. The molecule has 3 heteroatoms. The number of ether oxygens (including phenoxy) is 1. The van der Waals surface area contributed by atoms with Gasteiger partial charge in [0.2, 0.25) is 0 Å². The highest BCUT2D eigenvalue weighted by atomic mass is 16.5. The van der Waals surface area contributed by atoms with E-state index in [1.807, 2.05) is 24.1 Å². The van der Waals surface area contributed by atoms with Crippen LogP contribution >= 0.6 is 0 Å². The van der Waals surface area contributed by atoms with Crippen LogP contribution in [0.1, 0.15) is 11.6 Å². The molecule has 0 saturated heterocycles. The first-order valence-electron chi connectivity index (χ1n) is 5.10. The monoisotopic (exact) mass is 219 g/mol. The average molecular weight is 219 g/mol. The lowest BCUT2D eigenvalue weighted by atomic mass is 10.1. The predicted octanol–water partition coefficient (Wildman–Crippen LogP) is 1.64. The molecule has 0 bridgehead atoms. The van der Waals surface area contributed by atoms with Gasteiger partial charge in [-0.2, -0.15) is 0 Å². The molecular formula is C13H17NO2. The molecule has 0 aliphatic rings. The number of hydrogen-bond acceptors (Lipinski definition) is 3. The third-order valence-electron chi connectivity index (χ3n) is 2.48. The molecule has 16 heavy (non-hydrogen) atoms. The molecule has 0 amide bonds. The second-order valence-electron chi connectivity index (χ2n) is 3.68. The van der Waals surface area contributed by atoms with Crippen LogP contribution in [-0.2, 0) is 4.74 Å². The fourth-order valence-corrected chi connectivity index (χ4v) is 1.59. The van der Waals surface area contributed by atoms with E-state index >= 15 is 0 Å². The summed E-state index contributed by atoms with van der Waals surface area (Å²) in [5.74, 6) is 2.87. The van der Waals surface area contributed by atoms with Crippen molar-refractivity contribution in [2.24, 2.45) is 0 Å². The first kappa shape index (κ1) is 12.6. The van der Waals surface area contributed by atoms with Gasteiger partial charge in [0.1, 0.15) is 5.75 Å². The van der Waals surface area contributed by atoms with E-state index in [4.69, 9.17) is 11.2 Å². The third-order valence-corrected chi connectivity index (χ3v) is 2.48. The van der Waals surface area contributed by atoms with Gasteiger partial charge in [0.15, 0.2) is 0 Å². The highest BCUT2D eigenvalue weighted by Gasteiger charge is 2.15. The van der Waals surface area contributed by atoms with Crippen LogP contribution in [0.15, 0.2) is 24.3 Å². The number of rotatable bonds is 5. The van der Waals surface area contributed by atoms with Crippen LogP contribution in [-0.4, -0.2) is 37.3 Å². The van der Waals surface area contributed by atoms with Gasteiger partial charge in [-0.3, -0.25) is 4.90 Å². The van der Waals surface area contributed by atoms with E-state index < -0.39 is 0 Å². The lowest BCUT2D eigenvalue weighted by Gasteiger charge is -2.26. The standard InChI is InChI=1S/C13H17NO2/c1-4-9-14(2)13(10-16-3)11-5-7-12(15)8-6-11/h1,5-8,13,15H,9-10H2,2-3H3. The first-order valence-corrected chi connectivity index (χ1v) is 5.10. The molecule has 0 spiro atoms. The topological polar surface area (TPSA) is 32.7 Å². The number of phenolic OH excluding ortho intramolecular Hbond substituents is 1. The van der Waals surface area contributed by atoms with Crippen LogP contribution in [0.4, 0.5) is 0 Å². The Morgan fingerprint density at radius 3 is 2.56 bits per heavy atom. The number of benzene rings is 1. The summed E-state index contributed by atoms with van der Waals surface area (Å²) >= 11 is 0. The van der Waals surface area contributed by atoms with Crippen molar-refractivity contribution in [1.82, 2.24) is 4.90 Å². The van der Waals surface area contributed by atoms with Crippen molar-refractivity contribution in [1.29, 1.82) is 0 Å². The number of terminal acetylenes is 1. The zero-order valence-corrected chi connectivity index (χ0v) is 9.68. The summed E-state index contributed by atoms with van der Waals surface area (Å²) in [7, 11) is 3.62. The highest BCUT2D eigenvalue weighted by Crippen LogP contribution is 2.21. The summed E-state index contributed by atoms with van der Waals surface area (Å²) in [6, 6.07) is 7.21. The Kier molecular flexibility index (Phi) is 4.84. The Hall–Kier alpha value is -1.50. The van der Waals surface area contributed by atoms with E-state index in [-0.39, 0.29) is 11.8 Å². The molecule has 1 aromatic carbocycles. The van der Waals surface area contributed by atoms with Crippen LogP contribution in [0.5, 0.6) is 5.75 Å². The van der Waals surface area contributed by atoms with Crippen molar-refractivity contribution in [3.63, 3.8) is 0 Å². The SMILES string of the molecule is C#CCN(C)C(COC)c1ccc(O)cc1. The summed E-state index contributed by atoms with van der Waals surface area (Å²) in [6.07, 6.45) is 5.29. The zero-order chi connectivity index (χ0) is 12.0. The molecule has 0 aromatic heterocycles. The number of nitrogens with zero attached hydrogens (tertiary/aromatic N) is 1. The van der Waals surface area contributed by atoms with E-state index in [0.717, 1.165) is 5.56 Å². The Morgan fingerprint density at radius 1 is 1.44 bits per heavy atom. The Morgan fingerprint density at radius 2 is 2.06 bits per heavy atom. The summed E-state index contributed by atoms with van der Waals surface area (Å²) in [6.45, 7) is 1.14. The number of likely N-dealkylation sites (N-methyl/N-ethyl adjacent to an activating group) is 1. The van der Waals surface area contributed by atoms with Crippen LogP contribution in [0, 0.1) is 12.3 Å². The van der Waals surface area contributed by atoms with Gasteiger partial charge in [-0.05, 0) is 24.7 Å². The molecule has 0 radical (unpaired) electrons. The molecule has 1 atom stereocenters. The van der Waals surface area contributed by atoms with Crippen molar-refractivity contribution in [2.45, 2.75) is 6.04 Å². The number of phenols is 1. The maximum atomic E-state index is 9.23. The number of hydrogen-bond donors (Lipinski definition) is 1. The molecule has 0 aliphatic carbocycles. The molecule has 0 heterocycles. The van der Waals surface area contributed by atoms with Gasteiger partial charge in [-0.1, -0.05) is 18.1 Å². The molecule has 1 aromatic rings. The Balaban J connectivity index is 2.84. The van der Waals surface area contributed by atoms with E-state index in [1.54, 1.807) is 19.2 Å². The molecule has 1 N–H and O–H groups in total. The van der Waals surface area contributed by atoms with E-state index in [2.05, 4.69) is 5.92 Å². The van der Waals surface area contributed by atoms with Crippen molar-refractivity contribution in [3.8, 4) is 18.1 Å². The fraction of sp³-hybridized carbons (Fsp3) is 0.385. The molecule has 3 nitrogen and oxygen atoms in total. The minimum Gasteiger partial charge on any atom is -0.508 e. The van der Waals surface area contributed by atoms with Crippen molar-refractivity contribution in [2.75, 3.05) is 27.3 Å². The van der Waals surface area contributed by atoms with Gasteiger partial charge in [0.25, 0.3) is 0 Å². The van der Waals surface area contributed by atoms with Crippen molar-refractivity contribution in [3.05, 3.63) is 29.8 Å². The minimum absolute atomic E-state index is 0.113. The Bertz CT molecular complexity index is 353. The van der Waals surface area contributed by atoms with Crippen molar-refractivity contribution < 1.29 is 9.84 Å². The normalized spacial score (nSPS) is 12.4. The largest absolute Gasteiger partial charge is 0.508 e. The first-order chi connectivity index (χ1) is 7.69. The third kappa shape index (κ3) is 3.27. The van der Waals surface area contributed by atoms with Crippen LogP contribution < -0.4 is 0 Å². The maximum Gasteiger partial charge on any atom is 0.115 e. The van der Waals surface area contributed by atoms with E-state index in [1.165, 1.54) is 0 Å². The molecule has 1 unspecified atom stereocenters. The predicted molar refractivity (Wildman–Crippen MR) is 64.2 cm³/mol. The molecule has 0 fully saturated rings. The zero-order valence-electron chi connectivity index (χ0n) is 9.68. The smallest absolute Gasteiger partial charge is 0.115 e. The lowest BCUT2D eigenvalue weighted by Crippen LogP contribution is -2.28. The van der Waals surface area contributed by atoms with Gasteiger partial charge in [-0.15, -0.1) is 6.42 Å². The molecule has 1 rings (SSSR count). The van der Waals surface area contributed by atoms with Crippen LogP contribution in [0.3, 0.4) is 0 Å². The van der Waals surface area contributed by atoms with Gasteiger partial charge >= 0.3 is 0 Å². The molecule has 86 valence electrons. The number of aromatic hydroxyl groups is 1. The van der Waals surface area contributed by atoms with Gasteiger partial charge in [-0.25, -0.2) is 0 Å². The second-order valence-corrected chi connectivity index (χ2v) is 3.68.